The molecule has 0 saturated heterocycles. The third-order valence-corrected chi connectivity index (χ3v) is 1.76. The van der Waals surface area contributed by atoms with E-state index in [2.05, 4.69) is 23.7 Å². The Morgan fingerprint density at radius 2 is 1.83 bits per heavy atom. The van der Waals surface area contributed by atoms with Gasteiger partial charge in [-0.25, -0.2) is 5.43 Å². The first-order chi connectivity index (χ1) is 5.65. The summed E-state index contributed by atoms with van der Waals surface area (Å²) < 4.78 is 0. The fourth-order valence-electron chi connectivity index (χ4n) is 0.740. The Labute approximate surface area is 75.1 Å². The SMILES string of the molecule is C/C=C(/C)N(/C=C(/C)NC)NC. The standard InChI is InChI=1S/C9H19N3/c1-6-9(3)12(11-5)7-8(2)10-4/h6-7,10-11H,1-5H3/b8-7-,9-6-. The van der Waals surface area contributed by atoms with Gasteiger partial charge in [0.15, 0.2) is 0 Å². The molecule has 0 fully saturated rings. The largest absolute Gasteiger partial charge is 0.390 e. The topological polar surface area (TPSA) is 27.3 Å². The quantitative estimate of drug-likeness (QED) is 0.623. The molecule has 70 valence electrons. The summed E-state index contributed by atoms with van der Waals surface area (Å²) in [5, 5.41) is 5.03. The Morgan fingerprint density at radius 3 is 2.17 bits per heavy atom. The first-order valence-corrected chi connectivity index (χ1v) is 4.11. The molecule has 0 aromatic carbocycles. The van der Waals surface area contributed by atoms with Crippen molar-refractivity contribution < 1.29 is 0 Å². The fourth-order valence-corrected chi connectivity index (χ4v) is 0.740. The van der Waals surface area contributed by atoms with Crippen LogP contribution >= 0.6 is 0 Å². The summed E-state index contributed by atoms with van der Waals surface area (Å²) in [6, 6.07) is 0. The minimum atomic E-state index is 1.12. The van der Waals surface area contributed by atoms with E-state index >= 15 is 0 Å². The monoisotopic (exact) mass is 169 g/mol. The van der Waals surface area contributed by atoms with E-state index in [9.17, 15) is 0 Å². The van der Waals surface area contributed by atoms with Crippen molar-refractivity contribution in [2.75, 3.05) is 14.1 Å². The molecule has 0 bridgehead atoms. The first-order valence-electron chi connectivity index (χ1n) is 4.11. The van der Waals surface area contributed by atoms with E-state index in [4.69, 9.17) is 0 Å². The lowest BCUT2D eigenvalue weighted by Gasteiger charge is -2.20. The highest BCUT2D eigenvalue weighted by molar-refractivity contribution is 5.03. The van der Waals surface area contributed by atoms with Gasteiger partial charge in [-0.05, 0) is 20.8 Å². The molecular weight excluding hydrogens is 150 g/mol. The van der Waals surface area contributed by atoms with Crippen LogP contribution in [0.15, 0.2) is 23.7 Å². The van der Waals surface area contributed by atoms with E-state index in [-0.39, 0.29) is 0 Å². The van der Waals surface area contributed by atoms with Crippen LogP contribution in [-0.2, 0) is 0 Å². The summed E-state index contributed by atoms with van der Waals surface area (Å²) in [6.07, 6.45) is 4.06. The molecule has 3 nitrogen and oxygen atoms in total. The lowest BCUT2D eigenvalue weighted by atomic mass is 10.4. The number of hydrazine groups is 1. The summed E-state index contributed by atoms with van der Waals surface area (Å²) in [5.74, 6) is 0. The number of nitrogens with zero attached hydrogens (tertiary/aromatic N) is 1. The molecule has 0 aromatic rings. The van der Waals surface area contributed by atoms with Gasteiger partial charge < -0.3 is 5.32 Å². The van der Waals surface area contributed by atoms with Crippen molar-refractivity contribution in [2.45, 2.75) is 20.8 Å². The van der Waals surface area contributed by atoms with Crippen LogP contribution in [0.3, 0.4) is 0 Å². The summed E-state index contributed by atoms with van der Waals surface area (Å²) in [4.78, 5) is 0. The zero-order valence-electron chi connectivity index (χ0n) is 8.60. The molecule has 0 amide bonds. The normalized spacial score (nSPS) is 13.1. The number of rotatable bonds is 4. The van der Waals surface area contributed by atoms with Gasteiger partial charge in [-0.3, -0.25) is 5.01 Å². The molecule has 0 rings (SSSR count). The molecule has 0 aromatic heterocycles. The van der Waals surface area contributed by atoms with Gasteiger partial charge in [-0.1, -0.05) is 6.08 Å². The smallest absolute Gasteiger partial charge is 0.0398 e. The van der Waals surface area contributed by atoms with E-state index in [0.29, 0.717) is 0 Å². The third-order valence-electron chi connectivity index (χ3n) is 1.76. The van der Waals surface area contributed by atoms with Crippen molar-refractivity contribution >= 4 is 0 Å². The number of nitrogens with one attached hydrogen (secondary N) is 2. The Balaban J connectivity index is 4.37. The summed E-state index contributed by atoms with van der Waals surface area (Å²) in [6.45, 7) is 6.09. The van der Waals surface area contributed by atoms with Crippen molar-refractivity contribution in [3.8, 4) is 0 Å². The minimum absolute atomic E-state index is 1.12. The van der Waals surface area contributed by atoms with Gasteiger partial charge in [0.1, 0.15) is 0 Å². The van der Waals surface area contributed by atoms with Crippen LogP contribution in [0, 0.1) is 0 Å². The Hall–Kier alpha value is -0.960. The zero-order chi connectivity index (χ0) is 9.56. The highest BCUT2D eigenvalue weighted by Crippen LogP contribution is 2.01. The van der Waals surface area contributed by atoms with E-state index in [1.165, 1.54) is 5.70 Å². The van der Waals surface area contributed by atoms with Crippen LogP contribution in [-0.4, -0.2) is 19.1 Å². The fraction of sp³-hybridized carbons (Fsp3) is 0.556. The molecule has 0 aliphatic carbocycles. The zero-order valence-corrected chi connectivity index (χ0v) is 8.60. The van der Waals surface area contributed by atoms with Crippen molar-refractivity contribution in [1.29, 1.82) is 0 Å². The maximum absolute atomic E-state index is 3.07. The lowest BCUT2D eigenvalue weighted by molar-refractivity contribution is 0.370. The van der Waals surface area contributed by atoms with Crippen LogP contribution in [0.1, 0.15) is 20.8 Å². The molecule has 0 aliphatic rings. The first kappa shape index (κ1) is 11.0. The molecule has 0 saturated carbocycles. The Morgan fingerprint density at radius 1 is 1.25 bits per heavy atom. The third kappa shape index (κ3) is 3.44. The molecule has 0 atom stereocenters. The number of hydrogen-bond acceptors (Lipinski definition) is 3. The van der Waals surface area contributed by atoms with E-state index in [1.54, 1.807) is 0 Å². The van der Waals surface area contributed by atoms with Crippen LogP contribution in [0.5, 0.6) is 0 Å². The summed E-state index contributed by atoms with van der Waals surface area (Å²) in [7, 11) is 3.80. The second-order valence-electron chi connectivity index (χ2n) is 2.59. The summed E-state index contributed by atoms with van der Waals surface area (Å²) >= 11 is 0. The van der Waals surface area contributed by atoms with Crippen molar-refractivity contribution in [3.05, 3.63) is 23.7 Å². The van der Waals surface area contributed by atoms with Crippen LogP contribution < -0.4 is 10.7 Å². The van der Waals surface area contributed by atoms with E-state index in [0.717, 1.165) is 5.70 Å². The van der Waals surface area contributed by atoms with Crippen LogP contribution in [0.2, 0.25) is 0 Å². The van der Waals surface area contributed by atoms with Gasteiger partial charge in [0.2, 0.25) is 0 Å². The second-order valence-corrected chi connectivity index (χ2v) is 2.59. The predicted molar refractivity (Wildman–Crippen MR) is 53.1 cm³/mol. The Bertz CT molecular complexity index is 182. The molecule has 3 heteroatoms. The highest BCUT2D eigenvalue weighted by atomic mass is 15.5. The number of allylic oxidation sites excluding steroid dienone is 3. The molecule has 12 heavy (non-hydrogen) atoms. The number of hydrogen-bond donors (Lipinski definition) is 2. The molecule has 2 N–H and O–H groups in total. The second kappa shape index (κ2) is 5.66. The van der Waals surface area contributed by atoms with E-state index in [1.807, 2.05) is 39.2 Å². The average molecular weight is 169 g/mol. The van der Waals surface area contributed by atoms with Crippen molar-refractivity contribution in [1.82, 2.24) is 15.8 Å². The van der Waals surface area contributed by atoms with Gasteiger partial charge in [0.25, 0.3) is 0 Å². The Kier molecular flexibility index (Phi) is 5.21. The van der Waals surface area contributed by atoms with Gasteiger partial charge >= 0.3 is 0 Å². The van der Waals surface area contributed by atoms with Gasteiger partial charge in [-0.2, -0.15) is 0 Å². The lowest BCUT2D eigenvalue weighted by Crippen LogP contribution is -2.29. The molecule has 0 aliphatic heterocycles. The molecule has 0 unspecified atom stereocenters. The molecule has 0 heterocycles. The molecule has 0 radical (unpaired) electrons. The summed E-state index contributed by atoms with van der Waals surface area (Å²) in [5.41, 5.74) is 5.36. The highest BCUT2D eigenvalue weighted by Gasteiger charge is 1.96. The van der Waals surface area contributed by atoms with Gasteiger partial charge in [0.05, 0.1) is 0 Å². The maximum atomic E-state index is 3.07. The van der Waals surface area contributed by atoms with Crippen LogP contribution in [0.4, 0.5) is 0 Å². The van der Waals surface area contributed by atoms with Gasteiger partial charge in [-0.15, -0.1) is 0 Å². The van der Waals surface area contributed by atoms with E-state index < -0.39 is 0 Å². The van der Waals surface area contributed by atoms with Gasteiger partial charge in [0, 0.05) is 31.7 Å². The van der Waals surface area contributed by atoms with Crippen molar-refractivity contribution in [3.63, 3.8) is 0 Å². The van der Waals surface area contributed by atoms with Crippen LogP contribution in [0.25, 0.3) is 0 Å². The predicted octanol–water partition coefficient (Wildman–Crippen LogP) is 1.43. The average Bonchev–Trinajstić information content (AvgIpc) is 2.12. The minimum Gasteiger partial charge on any atom is -0.390 e. The maximum Gasteiger partial charge on any atom is 0.0398 e. The van der Waals surface area contributed by atoms with Crippen molar-refractivity contribution in [2.24, 2.45) is 0 Å². The molecular formula is C9H19N3. The molecule has 0 spiro atoms.